The Morgan fingerprint density at radius 3 is 2.62 bits per heavy atom. The fourth-order valence-electron chi connectivity index (χ4n) is 2.83. The normalized spacial score (nSPS) is 10.4. The van der Waals surface area contributed by atoms with E-state index in [1.807, 2.05) is 12.1 Å². The van der Waals surface area contributed by atoms with E-state index in [1.54, 1.807) is 32.4 Å². The van der Waals surface area contributed by atoms with Gasteiger partial charge in [0, 0.05) is 29.5 Å². The summed E-state index contributed by atoms with van der Waals surface area (Å²) in [5, 5.41) is 14.4. The van der Waals surface area contributed by atoms with Crippen molar-refractivity contribution in [3.8, 4) is 11.5 Å². The first-order valence-electron chi connectivity index (χ1n) is 9.41. The Hall–Kier alpha value is -2.74. The van der Waals surface area contributed by atoms with Crippen molar-refractivity contribution in [2.75, 3.05) is 20.8 Å². The van der Waals surface area contributed by atoms with Crippen LogP contribution in [0.1, 0.15) is 42.1 Å². The Labute approximate surface area is 174 Å². The van der Waals surface area contributed by atoms with E-state index in [1.165, 1.54) is 17.8 Å². The molecule has 2 aromatic rings. The highest BCUT2D eigenvalue weighted by molar-refractivity contribution is 7.98. The van der Waals surface area contributed by atoms with E-state index in [0.29, 0.717) is 28.7 Å². The van der Waals surface area contributed by atoms with Crippen LogP contribution < -0.4 is 14.8 Å². The molecule has 0 fully saturated rings. The van der Waals surface area contributed by atoms with Crippen molar-refractivity contribution in [2.45, 2.75) is 36.8 Å². The van der Waals surface area contributed by atoms with E-state index in [9.17, 15) is 14.9 Å². The van der Waals surface area contributed by atoms with Crippen LogP contribution in [0.4, 0.5) is 5.69 Å². The summed E-state index contributed by atoms with van der Waals surface area (Å²) in [4.78, 5) is 23.8. The number of amides is 1. The van der Waals surface area contributed by atoms with Crippen molar-refractivity contribution in [3.05, 3.63) is 57.6 Å². The fourth-order valence-corrected chi connectivity index (χ4v) is 3.81. The first-order chi connectivity index (χ1) is 14.0. The number of thioether (sulfide) groups is 1. The summed E-state index contributed by atoms with van der Waals surface area (Å²) in [5.41, 5.74) is 1.07. The van der Waals surface area contributed by atoms with Crippen LogP contribution in [0.3, 0.4) is 0 Å². The Bertz CT molecular complexity index is 857. The van der Waals surface area contributed by atoms with Crippen molar-refractivity contribution in [3.63, 3.8) is 0 Å². The molecule has 29 heavy (non-hydrogen) atoms. The summed E-state index contributed by atoms with van der Waals surface area (Å²) < 4.78 is 10.7. The van der Waals surface area contributed by atoms with Gasteiger partial charge in [-0.15, -0.1) is 11.8 Å². The van der Waals surface area contributed by atoms with Gasteiger partial charge in [-0.3, -0.25) is 14.9 Å². The van der Waals surface area contributed by atoms with Gasteiger partial charge in [0.1, 0.15) is 0 Å². The van der Waals surface area contributed by atoms with E-state index in [0.717, 1.165) is 24.8 Å². The van der Waals surface area contributed by atoms with E-state index in [4.69, 9.17) is 9.47 Å². The molecule has 0 heterocycles. The van der Waals surface area contributed by atoms with Gasteiger partial charge in [-0.1, -0.05) is 31.9 Å². The Balaban J connectivity index is 2.15. The van der Waals surface area contributed by atoms with Gasteiger partial charge in [-0.25, -0.2) is 0 Å². The molecular formula is C21H26N2O5S. The topological polar surface area (TPSA) is 90.7 Å². The number of ether oxygens (including phenoxy) is 2. The third-order valence-electron chi connectivity index (χ3n) is 4.35. The van der Waals surface area contributed by atoms with Crippen LogP contribution in [-0.2, 0) is 5.75 Å². The molecule has 0 unspecified atom stereocenters. The molecule has 0 bridgehead atoms. The molecule has 0 spiro atoms. The molecule has 0 radical (unpaired) electrons. The first kappa shape index (κ1) is 22.5. The lowest BCUT2D eigenvalue weighted by Gasteiger charge is -2.12. The zero-order valence-corrected chi connectivity index (χ0v) is 17.7. The highest BCUT2D eigenvalue weighted by Crippen LogP contribution is 2.37. The molecule has 0 saturated carbocycles. The zero-order valence-electron chi connectivity index (χ0n) is 16.9. The SMILES string of the molecule is CCCCCNC(=O)c1ccc(SCc2cccc(OC)c2OC)c([N+](=O)[O-])c1. The van der Waals surface area contributed by atoms with Crippen molar-refractivity contribution in [2.24, 2.45) is 0 Å². The highest BCUT2D eigenvalue weighted by Gasteiger charge is 2.19. The Morgan fingerprint density at radius 1 is 1.17 bits per heavy atom. The number of nitrogens with one attached hydrogen (secondary N) is 1. The molecule has 156 valence electrons. The molecule has 1 N–H and O–H groups in total. The van der Waals surface area contributed by atoms with Crippen molar-refractivity contribution >= 4 is 23.4 Å². The number of para-hydroxylation sites is 1. The van der Waals surface area contributed by atoms with Crippen LogP contribution in [-0.4, -0.2) is 31.6 Å². The number of carbonyl (C=O) groups is 1. The number of unbranched alkanes of at least 4 members (excludes halogenated alkanes) is 2. The third-order valence-corrected chi connectivity index (χ3v) is 5.46. The molecule has 2 rings (SSSR count). The van der Waals surface area contributed by atoms with Crippen LogP contribution >= 0.6 is 11.8 Å². The largest absolute Gasteiger partial charge is 0.493 e. The van der Waals surface area contributed by atoms with Gasteiger partial charge in [0.2, 0.25) is 0 Å². The maximum absolute atomic E-state index is 12.3. The smallest absolute Gasteiger partial charge is 0.283 e. The lowest BCUT2D eigenvalue weighted by Crippen LogP contribution is -2.24. The van der Waals surface area contributed by atoms with Gasteiger partial charge in [-0.05, 0) is 24.6 Å². The molecule has 0 atom stereocenters. The van der Waals surface area contributed by atoms with Gasteiger partial charge >= 0.3 is 0 Å². The third kappa shape index (κ3) is 6.12. The number of methoxy groups -OCH3 is 2. The van der Waals surface area contributed by atoms with Gasteiger partial charge < -0.3 is 14.8 Å². The van der Waals surface area contributed by atoms with Crippen LogP contribution in [0.2, 0.25) is 0 Å². The number of hydrogen-bond donors (Lipinski definition) is 1. The number of nitro groups is 1. The molecule has 8 heteroatoms. The van der Waals surface area contributed by atoms with E-state index in [2.05, 4.69) is 12.2 Å². The minimum absolute atomic E-state index is 0.0851. The van der Waals surface area contributed by atoms with Gasteiger partial charge in [-0.2, -0.15) is 0 Å². The summed E-state index contributed by atoms with van der Waals surface area (Å²) in [6, 6.07) is 10.1. The number of rotatable bonds is 11. The Morgan fingerprint density at radius 2 is 1.97 bits per heavy atom. The van der Waals surface area contributed by atoms with E-state index >= 15 is 0 Å². The average molecular weight is 419 g/mol. The predicted octanol–water partition coefficient (Wildman–Crippen LogP) is 4.82. The van der Waals surface area contributed by atoms with Crippen molar-refractivity contribution < 1.29 is 19.2 Å². The van der Waals surface area contributed by atoms with Crippen LogP contribution in [0.5, 0.6) is 11.5 Å². The minimum Gasteiger partial charge on any atom is -0.493 e. The lowest BCUT2D eigenvalue weighted by atomic mass is 10.2. The van der Waals surface area contributed by atoms with Crippen LogP contribution in [0.25, 0.3) is 0 Å². The maximum Gasteiger partial charge on any atom is 0.283 e. The molecule has 0 saturated heterocycles. The van der Waals surface area contributed by atoms with E-state index in [-0.39, 0.29) is 17.2 Å². The molecule has 2 aromatic carbocycles. The van der Waals surface area contributed by atoms with Crippen LogP contribution in [0.15, 0.2) is 41.3 Å². The van der Waals surface area contributed by atoms with E-state index < -0.39 is 4.92 Å². The monoisotopic (exact) mass is 418 g/mol. The number of hydrogen-bond acceptors (Lipinski definition) is 6. The molecule has 0 aliphatic heterocycles. The zero-order chi connectivity index (χ0) is 21.2. The second kappa shape index (κ2) is 11.3. The fraction of sp³-hybridized carbons (Fsp3) is 0.381. The minimum atomic E-state index is -0.459. The first-order valence-corrected chi connectivity index (χ1v) is 10.4. The Kier molecular flexibility index (Phi) is 8.79. The van der Waals surface area contributed by atoms with Crippen molar-refractivity contribution in [1.82, 2.24) is 5.32 Å². The van der Waals surface area contributed by atoms with Gasteiger partial charge in [0.25, 0.3) is 11.6 Å². The second-order valence-electron chi connectivity index (χ2n) is 6.34. The number of carbonyl (C=O) groups excluding carboxylic acids is 1. The molecule has 0 aliphatic rings. The molecular weight excluding hydrogens is 392 g/mol. The number of nitrogens with zero attached hydrogens (tertiary/aromatic N) is 1. The summed E-state index contributed by atoms with van der Waals surface area (Å²) in [6.45, 7) is 2.65. The maximum atomic E-state index is 12.3. The molecule has 0 aliphatic carbocycles. The van der Waals surface area contributed by atoms with Crippen LogP contribution in [0, 0.1) is 10.1 Å². The second-order valence-corrected chi connectivity index (χ2v) is 7.36. The predicted molar refractivity (Wildman–Crippen MR) is 114 cm³/mol. The summed E-state index contributed by atoms with van der Waals surface area (Å²) in [5.74, 6) is 1.38. The molecule has 1 amide bonds. The lowest BCUT2D eigenvalue weighted by molar-refractivity contribution is -0.387. The van der Waals surface area contributed by atoms with Gasteiger partial charge in [0.15, 0.2) is 11.5 Å². The summed E-state index contributed by atoms with van der Waals surface area (Å²) in [6.07, 6.45) is 2.98. The number of benzene rings is 2. The van der Waals surface area contributed by atoms with Crippen molar-refractivity contribution in [1.29, 1.82) is 0 Å². The highest BCUT2D eigenvalue weighted by atomic mass is 32.2. The molecule has 7 nitrogen and oxygen atoms in total. The standard InChI is InChI=1S/C21H26N2O5S/c1-4-5-6-12-22-21(24)15-10-11-19(17(13-15)23(25)26)29-14-16-8-7-9-18(27-2)20(16)28-3/h7-11,13H,4-6,12,14H2,1-3H3,(H,22,24). The average Bonchev–Trinajstić information content (AvgIpc) is 2.74. The quantitative estimate of drug-likeness (QED) is 0.243. The van der Waals surface area contributed by atoms with Gasteiger partial charge in [0.05, 0.1) is 24.0 Å². The number of nitro benzene ring substituents is 1. The summed E-state index contributed by atoms with van der Waals surface area (Å²) in [7, 11) is 3.12. The molecule has 0 aromatic heterocycles. The summed E-state index contributed by atoms with van der Waals surface area (Å²) >= 11 is 1.31.